The van der Waals surface area contributed by atoms with Crippen molar-refractivity contribution in [2.75, 3.05) is 19.6 Å². The van der Waals surface area contributed by atoms with Crippen LogP contribution in [0.5, 0.6) is 0 Å². The maximum atomic E-state index is 3.62. The van der Waals surface area contributed by atoms with Gasteiger partial charge in [-0.25, -0.2) is 0 Å². The molecule has 1 aliphatic rings. The van der Waals surface area contributed by atoms with E-state index < -0.39 is 0 Å². The molecule has 0 saturated heterocycles. The van der Waals surface area contributed by atoms with E-state index in [4.69, 9.17) is 0 Å². The first-order chi connectivity index (χ1) is 8.96. The molecule has 0 radical (unpaired) electrons. The summed E-state index contributed by atoms with van der Waals surface area (Å²) in [5, 5.41) is 3.62. The minimum Gasteiger partial charge on any atom is -0.311 e. The Labute approximate surface area is 118 Å². The predicted molar refractivity (Wildman–Crippen MR) is 82.6 cm³/mol. The molecule has 0 aromatic heterocycles. The van der Waals surface area contributed by atoms with Gasteiger partial charge in [0.1, 0.15) is 0 Å². The molecule has 1 heterocycles. The second-order valence-corrected chi connectivity index (χ2v) is 6.78. The fourth-order valence-corrected chi connectivity index (χ4v) is 2.71. The van der Waals surface area contributed by atoms with Crippen LogP contribution in [0.4, 0.5) is 0 Å². The number of nitrogens with zero attached hydrogens (tertiary/aromatic N) is 1. The molecule has 1 aromatic rings. The number of fused-ring (bicyclic) bond motifs is 1. The van der Waals surface area contributed by atoms with E-state index in [1.807, 2.05) is 0 Å². The minimum absolute atomic E-state index is 0.211. The molecular formula is C17H28N2. The Bertz CT molecular complexity index is 379. The van der Waals surface area contributed by atoms with Crippen LogP contribution < -0.4 is 5.32 Å². The van der Waals surface area contributed by atoms with Crippen molar-refractivity contribution in [3.05, 3.63) is 35.4 Å². The number of rotatable bonds is 3. The van der Waals surface area contributed by atoms with Gasteiger partial charge in [0.05, 0.1) is 0 Å². The average molecular weight is 260 g/mol. The molecule has 1 aromatic carbocycles. The summed E-state index contributed by atoms with van der Waals surface area (Å²) in [6, 6.07) is 9.51. The number of hydrogen-bond acceptors (Lipinski definition) is 2. The van der Waals surface area contributed by atoms with Crippen LogP contribution in [0.1, 0.15) is 38.8 Å². The molecule has 0 bridgehead atoms. The third-order valence-corrected chi connectivity index (χ3v) is 4.01. The van der Waals surface area contributed by atoms with Crippen LogP contribution in [0.25, 0.3) is 0 Å². The van der Waals surface area contributed by atoms with E-state index in [1.54, 1.807) is 11.1 Å². The monoisotopic (exact) mass is 260 g/mol. The SMILES string of the molecule is CC(CNC(C)(C)C)N1CCc2ccccc2CC1. The second-order valence-electron chi connectivity index (χ2n) is 6.78. The summed E-state index contributed by atoms with van der Waals surface area (Å²) in [5.74, 6) is 0. The van der Waals surface area contributed by atoms with Crippen LogP contribution in [-0.4, -0.2) is 36.1 Å². The summed E-state index contributed by atoms with van der Waals surface area (Å²) in [4.78, 5) is 2.62. The van der Waals surface area contributed by atoms with Gasteiger partial charge in [-0.1, -0.05) is 24.3 Å². The lowest BCUT2D eigenvalue weighted by Crippen LogP contribution is -2.47. The Balaban J connectivity index is 1.90. The lowest BCUT2D eigenvalue weighted by Gasteiger charge is -2.31. The van der Waals surface area contributed by atoms with Crippen LogP contribution >= 0.6 is 0 Å². The molecule has 2 nitrogen and oxygen atoms in total. The third-order valence-electron chi connectivity index (χ3n) is 4.01. The highest BCUT2D eigenvalue weighted by Gasteiger charge is 2.19. The molecule has 0 fully saturated rings. The number of benzene rings is 1. The van der Waals surface area contributed by atoms with Gasteiger partial charge in [0.2, 0.25) is 0 Å². The Morgan fingerprint density at radius 3 is 2.11 bits per heavy atom. The highest BCUT2D eigenvalue weighted by molar-refractivity contribution is 5.28. The first kappa shape index (κ1) is 14.5. The zero-order valence-electron chi connectivity index (χ0n) is 12.9. The topological polar surface area (TPSA) is 15.3 Å². The van der Waals surface area contributed by atoms with Crippen LogP contribution in [0, 0.1) is 0 Å². The van der Waals surface area contributed by atoms with Gasteiger partial charge in [-0.2, -0.15) is 0 Å². The van der Waals surface area contributed by atoms with Gasteiger partial charge >= 0.3 is 0 Å². The average Bonchev–Trinajstić information content (AvgIpc) is 2.57. The van der Waals surface area contributed by atoms with E-state index in [9.17, 15) is 0 Å². The van der Waals surface area contributed by atoms with Crippen molar-refractivity contribution >= 4 is 0 Å². The lowest BCUT2D eigenvalue weighted by atomic mass is 10.0. The first-order valence-electron chi connectivity index (χ1n) is 7.51. The third kappa shape index (κ3) is 4.32. The molecule has 106 valence electrons. The van der Waals surface area contributed by atoms with Crippen molar-refractivity contribution in [1.29, 1.82) is 0 Å². The van der Waals surface area contributed by atoms with Crippen molar-refractivity contribution < 1.29 is 0 Å². The van der Waals surface area contributed by atoms with E-state index in [0.29, 0.717) is 6.04 Å². The summed E-state index contributed by atoms with van der Waals surface area (Å²) in [6.07, 6.45) is 2.38. The standard InChI is InChI=1S/C17H28N2/c1-14(13-18-17(2,3)4)19-11-9-15-7-5-6-8-16(15)10-12-19/h5-8,14,18H,9-13H2,1-4H3. The molecule has 1 N–H and O–H groups in total. The zero-order valence-corrected chi connectivity index (χ0v) is 12.9. The first-order valence-corrected chi connectivity index (χ1v) is 7.51. The fourth-order valence-electron chi connectivity index (χ4n) is 2.71. The summed E-state index contributed by atoms with van der Waals surface area (Å²) in [5.41, 5.74) is 3.30. The van der Waals surface area contributed by atoms with Crippen LogP contribution in [0.15, 0.2) is 24.3 Å². The van der Waals surface area contributed by atoms with Gasteiger partial charge in [-0.05, 0) is 51.7 Å². The zero-order chi connectivity index (χ0) is 13.9. The van der Waals surface area contributed by atoms with Crippen LogP contribution in [0.2, 0.25) is 0 Å². The largest absolute Gasteiger partial charge is 0.311 e. The van der Waals surface area contributed by atoms with E-state index in [1.165, 1.54) is 25.9 Å². The Kier molecular flexibility index (Phi) is 4.64. The lowest BCUT2D eigenvalue weighted by molar-refractivity contribution is 0.203. The second kappa shape index (κ2) is 6.06. The van der Waals surface area contributed by atoms with Crippen molar-refractivity contribution in [3.8, 4) is 0 Å². The molecule has 2 heteroatoms. The number of nitrogens with one attached hydrogen (secondary N) is 1. The van der Waals surface area contributed by atoms with Crippen molar-refractivity contribution in [3.63, 3.8) is 0 Å². The summed E-state index contributed by atoms with van der Waals surface area (Å²) in [6.45, 7) is 12.5. The van der Waals surface area contributed by atoms with E-state index in [-0.39, 0.29) is 5.54 Å². The van der Waals surface area contributed by atoms with Crippen LogP contribution in [0.3, 0.4) is 0 Å². The van der Waals surface area contributed by atoms with Gasteiger partial charge in [0.25, 0.3) is 0 Å². The quantitative estimate of drug-likeness (QED) is 0.899. The van der Waals surface area contributed by atoms with Crippen molar-refractivity contribution in [2.45, 2.75) is 52.1 Å². The summed E-state index contributed by atoms with van der Waals surface area (Å²) < 4.78 is 0. The number of hydrogen-bond donors (Lipinski definition) is 1. The summed E-state index contributed by atoms with van der Waals surface area (Å²) >= 11 is 0. The molecule has 19 heavy (non-hydrogen) atoms. The fraction of sp³-hybridized carbons (Fsp3) is 0.647. The molecule has 1 aliphatic heterocycles. The maximum Gasteiger partial charge on any atom is 0.0192 e. The predicted octanol–water partition coefficient (Wildman–Crippen LogP) is 2.86. The molecule has 0 aliphatic carbocycles. The molecule has 0 amide bonds. The van der Waals surface area contributed by atoms with Gasteiger partial charge < -0.3 is 5.32 Å². The Hall–Kier alpha value is -0.860. The smallest absolute Gasteiger partial charge is 0.0192 e. The molecule has 0 saturated carbocycles. The molecule has 1 atom stereocenters. The Morgan fingerprint density at radius 1 is 1.11 bits per heavy atom. The van der Waals surface area contributed by atoms with Gasteiger partial charge in [0.15, 0.2) is 0 Å². The maximum absolute atomic E-state index is 3.62. The Morgan fingerprint density at radius 2 is 1.63 bits per heavy atom. The van der Waals surface area contributed by atoms with Crippen molar-refractivity contribution in [2.24, 2.45) is 0 Å². The molecular weight excluding hydrogens is 232 g/mol. The van der Waals surface area contributed by atoms with Crippen molar-refractivity contribution in [1.82, 2.24) is 10.2 Å². The van der Waals surface area contributed by atoms with Gasteiger partial charge in [0, 0.05) is 31.2 Å². The van der Waals surface area contributed by atoms with Gasteiger partial charge in [-0.3, -0.25) is 4.90 Å². The molecule has 2 rings (SSSR count). The molecule has 1 unspecified atom stereocenters. The van der Waals surface area contributed by atoms with E-state index in [2.05, 4.69) is 62.2 Å². The highest BCUT2D eigenvalue weighted by atomic mass is 15.2. The summed E-state index contributed by atoms with van der Waals surface area (Å²) in [7, 11) is 0. The minimum atomic E-state index is 0.211. The highest BCUT2D eigenvalue weighted by Crippen LogP contribution is 2.17. The molecule has 0 spiro atoms. The van der Waals surface area contributed by atoms with Gasteiger partial charge in [-0.15, -0.1) is 0 Å². The van der Waals surface area contributed by atoms with Crippen LogP contribution in [-0.2, 0) is 12.8 Å². The van der Waals surface area contributed by atoms with E-state index >= 15 is 0 Å². The van der Waals surface area contributed by atoms with E-state index in [0.717, 1.165) is 6.54 Å². The normalized spacial score (nSPS) is 18.7.